The van der Waals surface area contributed by atoms with Gasteiger partial charge < -0.3 is 15.0 Å². The first-order valence-electron chi connectivity index (χ1n) is 8.85. The average Bonchev–Trinajstić information content (AvgIpc) is 3.00. The summed E-state index contributed by atoms with van der Waals surface area (Å²) in [5.41, 5.74) is 1.77. The number of nitro groups is 1. The highest BCUT2D eigenvalue weighted by molar-refractivity contribution is 7.12. The third kappa shape index (κ3) is 4.28. The fraction of sp³-hybridized carbons (Fsp3) is 0.421. The summed E-state index contributed by atoms with van der Waals surface area (Å²) in [6.07, 6.45) is 0. The van der Waals surface area contributed by atoms with Gasteiger partial charge in [0.25, 0.3) is 11.6 Å². The van der Waals surface area contributed by atoms with Gasteiger partial charge in [0.1, 0.15) is 5.69 Å². The van der Waals surface area contributed by atoms with Crippen LogP contribution in [0.2, 0.25) is 0 Å². The monoisotopic (exact) mass is 389 g/mol. The molecule has 1 aliphatic rings. The normalized spacial score (nSPS) is 15.4. The van der Waals surface area contributed by atoms with E-state index in [1.165, 1.54) is 15.8 Å². The molecule has 2 aromatic rings. The molecule has 1 atom stereocenters. The zero-order valence-electron chi connectivity index (χ0n) is 15.7. The zero-order chi connectivity index (χ0) is 19.6. The van der Waals surface area contributed by atoms with Crippen molar-refractivity contribution in [2.24, 2.45) is 0 Å². The van der Waals surface area contributed by atoms with E-state index in [-0.39, 0.29) is 17.6 Å². The number of hydrogen-bond donors (Lipinski definition) is 1. The van der Waals surface area contributed by atoms with Crippen LogP contribution in [0.4, 0.5) is 11.4 Å². The van der Waals surface area contributed by atoms with Crippen LogP contribution in [-0.4, -0.2) is 42.0 Å². The molecule has 0 saturated carbocycles. The predicted octanol–water partition coefficient (Wildman–Crippen LogP) is 3.92. The number of anilines is 1. The molecule has 0 aliphatic carbocycles. The molecule has 1 fully saturated rings. The lowest BCUT2D eigenvalue weighted by molar-refractivity contribution is -0.384. The number of ether oxygens (including phenoxy) is 1. The highest BCUT2D eigenvalue weighted by Gasteiger charge is 2.23. The molecule has 1 aliphatic heterocycles. The number of nitrogens with zero attached hydrogens (tertiary/aromatic N) is 2. The topological polar surface area (TPSA) is 84.7 Å². The largest absolute Gasteiger partial charge is 0.378 e. The molecule has 0 radical (unpaired) electrons. The van der Waals surface area contributed by atoms with Crippen LogP contribution in [0, 0.1) is 24.0 Å². The molecular weight excluding hydrogens is 366 g/mol. The molecule has 1 amide bonds. The van der Waals surface area contributed by atoms with Gasteiger partial charge in [-0.05, 0) is 44.5 Å². The lowest BCUT2D eigenvalue weighted by atomic mass is 10.1. The standard InChI is InChI=1S/C19H23N3O4S/c1-12-10-16(14(3)27-12)13(2)20-17-5-4-15(11-18(17)22(24)25)19(23)21-6-8-26-9-7-21/h4-5,10-11,13,20H,6-9H2,1-3H3/t13-/m1/s1. The summed E-state index contributed by atoms with van der Waals surface area (Å²) in [5.74, 6) is -0.203. The number of amides is 1. The van der Waals surface area contributed by atoms with Crippen molar-refractivity contribution in [3.63, 3.8) is 0 Å². The highest BCUT2D eigenvalue weighted by atomic mass is 32.1. The van der Waals surface area contributed by atoms with E-state index >= 15 is 0 Å². The van der Waals surface area contributed by atoms with E-state index in [0.717, 1.165) is 5.56 Å². The zero-order valence-corrected chi connectivity index (χ0v) is 16.5. The number of nitro benzene ring substituents is 1. The number of benzene rings is 1. The van der Waals surface area contributed by atoms with Crippen LogP contribution in [0.1, 0.15) is 38.6 Å². The van der Waals surface area contributed by atoms with Gasteiger partial charge in [0.05, 0.1) is 18.1 Å². The van der Waals surface area contributed by atoms with Gasteiger partial charge in [-0.25, -0.2) is 0 Å². The molecule has 8 heteroatoms. The molecule has 1 aromatic heterocycles. The molecular formula is C19H23N3O4S. The smallest absolute Gasteiger partial charge is 0.293 e. The lowest BCUT2D eigenvalue weighted by Crippen LogP contribution is -2.40. The first-order valence-corrected chi connectivity index (χ1v) is 9.67. The number of nitrogens with one attached hydrogen (secondary N) is 1. The average molecular weight is 389 g/mol. The van der Waals surface area contributed by atoms with Gasteiger partial charge in [-0.1, -0.05) is 0 Å². The Bertz CT molecular complexity index is 859. The summed E-state index contributed by atoms with van der Waals surface area (Å²) in [7, 11) is 0. The summed E-state index contributed by atoms with van der Waals surface area (Å²) in [5, 5.41) is 14.8. The fourth-order valence-electron chi connectivity index (χ4n) is 3.28. The molecule has 0 spiro atoms. The number of morpholine rings is 1. The maximum Gasteiger partial charge on any atom is 0.293 e. The summed E-state index contributed by atoms with van der Waals surface area (Å²) in [6, 6.07) is 6.65. The molecule has 1 saturated heterocycles. The van der Waals surface area contributed by atoms with Crippen molar-refractivity contribution in [2.75, 3.05) is 31.6 Å². The van der Waals surface area contributed by atoms with Crippen molar-refractivity contribution in [1.82, 2.24) is 4.90 Å². The van der Waals surface area contributed by atoms with E-state index in [9.17, 15) is 14.9 Å². The Kier molecular flexibility index (Phi) is 5.76. The third-order valence-electron chi connectivity index (χ3n) is 4.66. The molecule has 1 aromatic carbocycles. The Morgan fingerprint density at radius 1 is 1.30 bits per heavy atom. The SMILES string of the molecule is Cc1cc([C@@H](C)Nc2ccc(C(=O)N3CCOCC3)cc2[N+](=O)[O-])c(C)s1. The Labute approximate surface area is 162 Å². The van der Waals surface area contributed by atoms with Gasteiger partial charge in [-0.15, -0.1) is 11.3 Å². The highest BCUT2D eigenvalue weighted by Crippen LogP contribution is 2.33. The number of rotatable bonds is 5. The van der Waals surface area contributed by atoms with Crippen LogP contribution >= 0.6 is 11.3 Å². The number of thiophene rings is 1. The third-order valence-corrected chi connectivity index (χ3v) is 5.64. The maximum absolute atomic E-state index is 12.6. The van der Waals surface area contributed by atoms with Crippen molar-refractivity contribution in [2.45, 2.75) is 26.8 Å². The Hall–Kier alpha value is -2.45. The van der Waals surface area contributed by atoms with Gasteiger partial charge in [0.2, 0.25) is 0 Å². The van der Waals surface area contributed by atoms with Crippen LogP contribution in [-0.2, 0) is 4.74 Å². The second-order valence-corrected chi connectivity index (χ2v) is 8.09. The molecule has 27 heavy (non-hydrogen) atoms. The molecule has 3 rings (SSSR count). The van der Waals surface area contributed by atoms with E-state index in [2.05, 4.69) is 11.4 Å². The van der Waals surface area contributed by atoms with E-state index in [4.69, 9.17) is 4.74 Å². The van der Waals surface area contributed by atoms with E-state index in [1.807, 2.05) is 20.8 Å². The van der Waals surface area contributed by atoms with Crippen molar-refractivity contribution < 1.29 is 14.5 Å². The number of aryl methyl sites for hydroxylation is 2. The Morgan fingerprint density at radius 3 is 2.59 bits per heavy atom. The van der Waals surface area contributed by atoms with Crippen molar-refractivity contribution >= 4 is 28.6 Å². The molecule has 144 valence electrons. The van der Waals surface area contributed by atoms with E-state index in [1.54, 1.807) is 28.4 Å². The van der Waals surface area contributed by atoms with Gasteiger partial charge in [0.15, 0.2) is 0 Å². The van der Waals surface area contributed by atoms with Gasteiger partial charge in [-0.3, -0.25) is 14.9 Å². The number of hydrogen-bond acceptors (Lipinski definition) is 6. The summed E-state index contributed by atoms with van der Waals surface area (Å²) in [6.45, 7) is 8.05. The second-order valence-electron chi connectivity index (χ2n) is 6.63. The minimum Gasteiger partial charge on any atom is -0.378 e. The Balaban J connectivity index is 1.84. The van der Waals surface area contributed by atoms with Crippen LogP contribution < -0.4 is 5.32 Å². The first-order chi connectivity index (χ1) is 12.9. The summed E-state index contributed by atoms with van der Waals surface area (Å²) >= 11 is 1.71. The maximum atomic E-state index is 12.6. The van der Waals surface area contributed by atoms with Gasteiger partial charge in [0, 0.05) is 40.5 Å². The van der Waals surface area contributed by atoms with E-state index in [0.29, 0.717) is 37.6 Å². The van der Waals surface area contributed by atoms with Crippen LogP contribution in [0.15, 0.2) is 24.3 Å². The molecule has 0 unspecified atom stereocenters. The van der Waals surface area contributed by atoms with E-state index < -0.39 is 4.92 Å². The second kappa shape index (κ2) is 8.06. The van der Waals surface area contributed by atoms with Gasteiger partial charge in [-0.2, -0.15) is 0 Å². The number of carbonyl (C=O) groups is 1. The molecule has 0 bridgehead atoms. The molecule has 2 heterocycles. The van der Waals surface area contributed by atoms with Gasteiger partial charge >= 0.3 is 0 Å². The fourth-order valence-corrected chi connectivity index (χ4v) is 4.30. The van der Waals surface area contributed by atoms with Crippen LogP contribution in [0.25, 0.3) is 0 Å². The predicted molar refractivity (Wildman–Crippen MR) is 106 cm³/mol. The van der Waals surface area contributed by atoms with Crippen LogP contribution in [0.3, 0.4) is 0 Å². The molecule has 7 nitrogen and oxygen atoms in total. The first kappa shape index (κ1) is 19.3. The summed E-state index contributed by atoms with van der Waals surface area (Å²) < 4.78 is 5.25. The Morgan fingerprint density at radius 2 is 2.00 bits per heavy atom. The minimum atomic E-state index is -0.448. The quantitative estimate of drug-likeness (QED) is 0.619. The van der Waals surface area contributed by atoms with Crippen molar-refractivity contribution in [3.8, 4) is 0 Å². The van der Waals surface area contributed by atoms with Crippen molar-refractivity contribution in [3.05, 3.63) is 55.3 Å². The van der Waals surface area contributed by atoms with Crippen LogP contribution in [0.5, 0.6) is 0 Å². The molecule has 1 N–H and O–H groups in total. The van der Waals surface area contributed by atoms with Crippen molar-refractivity contribution in [1.29, 1.82) is 0 Å². The summed E-state index contributed by atoms with van der Waals surface area (Å²) in [4.78, 5) is 27.8. The lowest BCUT2D eigenvalue weighted by Gasteiger charge is -2.27. The minimum absolute atomic E-state index is 0.0746. The number of carbonyl (C=O) groups excluding carboxylic acids is 1.